The summed E-state index contributed by atoms with van der Waals surface area (Å²) < 4.78 is 0. The maximum absolute atomic E-state index is 12.6. The van der Waals surface area contributed by atoms with Crippen LogP contribution in [-0.4, -0.2) is 22.8 Å². The average Bonchev–Trinajstić information content (AvgIpc) is 2.74. The van der Waals surface area contributed by atoms with E-state index in [1.807, 2.05) is 61.5 Å². The number of benzene rings is 3. The molecular weight excluding hydrogens is 421 g/mol. The van der Waals surface area contributed by atoms with E-state index in [4.69, 9.17) is 0 Å². The lowest BCUT2D eigenvalue weighted by atomic mass is 9.85. The highest BCUT2D eigenvalue weighted by molar-refractivity contribution is 7.27. The van der Waals surface area contributed by atoms with Crippen LogP contribution in [0.4, 0.5) is 5.69 Å². The van der Waals surface area contributed by atoms with E-state index in [-0.39, 0.29) is 18.1 Å². The summed E-state index contributed by atoms with van der Waals surface area (Å²) in [5, 5.41) is 13.0. The van der Waals surface area contributed by atoms with E-state index in [1.165, 1.54) is 0 Å². The number of amides is 1. The predicted molar refractivity (Wildman–Crippen MR) is 131 cm³/mol. The number of ketones is 1. The fraction of sp³-hybridized carbons (Fsp3) is 0.192. The number of anilines is 1. The van der Waals surface area contributed by atoms with Gasteiger partial charge in [0.1, 0.15) is 0 Å². The van der Waals surface area contributed by atoms with E-state index >= 15 is 0 Å². The quantitative estimate of drug-likeness (QED) is 0.390. The van der Waals surface area contributed by atoms with E-state index in [0.717, 1.165) is 22.0 Å². The molecule has 2 N–H and O–H groups in total. The second-order valence-corrected chi connectivity index (χ2v) is 9.11. The summed E-state index contributed by atoms with van der Waals surface area (Å²) in [4.78, 5) is 36.2. The first-order valence-corrected chi connectivity index (χ1v) is 10.8. The molecule has 0 aliphatic carbocycles. The van der Waals surface area contributed by atoms with Gasteiger partial charge in [-0.15, -0.1) is 9.24 Å². The van der Waals surface area contributed by atoms with Crippen LogP contribution in [0.3, 0.4) is 0 Å². The number of carboxylic acids is 1. The largest absolute Gasteiger partial charge is 0.481 e. The third kappa shape index (κ3) is 5.49. The van der Waals surface area contributed by atoms with Crippen LogP contribution >= 0.6 is 9.24 Å². The van der Waals surface area contributed by atoms with E-state index in [0.29, 0.717) is 16.8 Å². The lowest BCUT2D eigenvalue weighted by molar-refractivity contribution is -0.146. The number of carboxylic acid groups (broad SMARTS) is 1. The van der Waals surface area contributed by atoms with Gasteiger partial charge in [0.05, 0.1) is 5.41 Å². The summed E-state index contributed by atoms with van der Waals surface area (Å²) in [5.41, 5.74) is 3.62. The molecule has 32 heavy (non-hydrogen) atoms. The Kier molecular flexibility index (Phi) is 6.90. The Balaban J connectivity index is 1.69. The maximum Gasteiger partial charge on any atom is 0.309 e. The van der Waals surface area contributed by atoms with Crippen molar-refractivity contribution in [1.29, 1.82) is 0 Å². The topological polar surface area (TPSA) is 83.5 Å². The second kappa shape index (κ2) is 9.46. The number of hydrogen-bond donors (Lipinski definition) is 2. The molecule has 164 valence electrons. The summed E-state index contributed by atoms with van der Waals surface area (Å²) in [7, 11) is 2.59. The van der Waals surface area contributed by atoms with Gasteiger partial charge in [0.2, 0.25) is 0 Å². The molecule has 1 atom stereocenters. The van der Waals surface area contributed by atoms with Crippen molar-refractivity contribution in [3.05, 3.63) is 83.4 Å². The van der Waals surface area contributed by atoms with Crippen molar-refractivity contribution < 1.29 is 19.5 Å². The minimum absolute atomic E-state index is 0.0605. The zero-order chi connectivity index (χ0) is 23.5. The number of hydrogen-bond acceptors (Lipinski definition) is 3. The highest BCUT2D eigenvalue weighted by atomic mass is 31.0. The first-order chi connectivity index (χ1) is 15.1. The molecule has 0 bridgehead atoms. The summed E-state index contributed by atoms with van der Waals surface area (Å²) in [5.74, 6) is -1.37. The van der Waals surface area contributed by atoms with Crippen molar-refractivity contribution in [3.8, 4) is 11.1 Å². The summed E-state index contributed by atoms with van der Waals surface area (Å²) in [6.45, 7) is 5.06. The van der Waals surface area contributed by atoms with E-state index in [2.05, 4.69) is 14.6 Å². The minimum Gasteiger partial charge on any atom is -0.481 e. The van der Waals surface area contributed by atoms with Gasteiger partial charge < -0.3 is 10.4 Å². The zero-order valence-electron chi connectivity index (χ0n) is 18.3. The number of Topliss-reactive ketones (excluding diaryl/α,β-unsaturated/α-hetero) is 1. The SMILES string of the molecule is Cc1ccc(C(=O)Nc2ccc(-c3ccc(C(=O)CC(C)(C)C(=O)O)cc3)cc2)c(P)c1. The van der Waals surface area contributed by atoms with Crippen LogP contribution in [0.5, 0.6) is 0 Å². The molecule has 0 aliphatic heterocycles. The van der Waals surface area contributed by atoms with Gasteiger partial charge in [-0.2, -0.15) is 0 Å². The number of carbonyl (C=O) groups is 3. The van der Waals surface area contributed by atoms with E-state index in [1.54, 1.807) is 26.0 Å². The van der Waals surface area contributed by atoms with Crippen LogP contribution in [0.25, 0.3) is 11.1 Å². The standard InChI is InChI=1S/C26H26NO4P/c1-16-4-13-21(23(32)14-16)24(29)27-20-11-9-18(10-12-20)17-5-7-19(8-6-17)22(28)15-26(2,3)25(30)31/h4-14H,15,32H2,1-3H3,(H,27,29)(H,30,31). The lowest BCUT2D eigenvalue weighted by Gasteiger charge is -2.17. The molecule has 3 aromatic rings. The van der Waals surface area contributed by atoms with E-state index in [9.17, 15) is 19.5 Å². The van der Waals surface area contributed by atoms with Gasteiger partial charge in [0.25, 0.3) is 5.91 Å². The van der Waals surface area contributed by atoms with Crippen molar-refractivity contribution in [2.45, 2.75) is 27.2 Å². The Labute approximate surface area is 190 Å². The monoisotopic (exact) mass is 447 g/mol. The average molecular weight is 447 g/mol. The van der Waals surface area contributed by atoms with Crippen molar-refractivity contribution >= 4 is 37.9 Å². The molecule has 1 amide bonds. The van der Waals surface area contributed by atoms with Gasteiger partial charge in [0.15, 0.2) is 5.78 Å². The van der Waals surface area contributed by atoms with Crippen LogP contribution in [0.1, 0.15) is 46.5 Å². The molecule has 0 saturated carbocycles. The Morgan fingerprint density at radius 3 is 2.00 bits per heavy atom. The Morgan fingerprint density at radius 2 is 1.47 bits per heavy atom. The van der Waals surface area contributed by atoms with Crippen LogP contribution < -0.4 is 10.6 Å². The second-order valence-electron chi connectivity index (χ2n) is 8.49. The third-order valence-corrected chi connectivity index (χ3v) is 5.79. The normalized spacial score (nSPS) is 11.1. The van der Waals surface area contributed by atoms with Gasteiger partial charge in [0, 0.05) is 23.2 Å². The number of nitrogens with one attached hydrogen (secondary N) is 1. The highest BCUT2D eigenvalue weighted by Crippen LogP contribution is 2.26. The predicted octanol–water partition coefficient (Wildman–Crippen LogP) is 5.10. The lowest BCUT2D eigenvalue weighted by Crippen LogP contribution is -2.26. The summed E-state index contributed by atoms with van der Waals surface area (Å²) >= 11 is 0. The van der Waals surface area contributed by atoms with Crippen molar-refractivity contribution in [2.24, 2.45) is 5.41 Å². The third-order valence-electron chi connectivity index (χ3n) is 5.32. The molecule has 3 aromatic carbocycles. The number of rotatable bonds is 7. The molecule has 6 heteroatoms. The summed E-state index contributed by atoms with van der Waals surface area (Å²) in [6, 6.07) is 20.2. The number of aryl methyl sites for hydroxylation is 1. The van der Waals surface area contributed by atoms with Crippen molar-refractivity contribution in [3.63, 3.8) is 0 Å². The zero-order valence-corrected chi connectivity index (χ0v) is 19.5. The molecule has 0 aromatic heterocycles. The first-order valence-electron chi connectivity index (χ1n) is 10.2. The Bertz CT molecular complexity index is 1170. The van der Waals surface area contributed by atoms with Gasteiger partial charge in [-0.25, -0.2) is 0 Å². The molecule has 5 nitrogen and oxygen atoms in total. The van der Waals surface area contributed by atoms with Gasteiger partial charge in [-0.1, -0.05) is 54.1 Å². The molecule has 1 unspecified atom stereocenters. The molecular formula is C26H26NO4P. The Morgan fingerprint density at radius 1 is 0.906 bits per heavy atom. The maximum atomic E-state index is 12.6. The Hall–Kier alpha value is -3.30. The van der Waals surface area contributed by atoms with Gasteiger partial charge in [-0.05, 0) is 55.4 Å². The number of carbonyl (C=O) groups excluding carboxylic acids is 2. The molecule has 0 aliphatic rings. The van der Waals surface area contributed by atoms with Gasteiger partial charge in [-0.3, -0.25) is 14.4 Å². The minimum atomic E-state index is -1.11. The van der Waals surface area contributed by atoms with Crippen molar-refractivity contribution in [1.82, 2.24) is 0 Å². The molecule has 0 fully saturated rings. The van der Waals surface area contributed by atoms with Crippen molar-refractivity contribution in [2.75, 3.05) is 5.32 Å². The smallest absolute Gasteiger partial charge is 0.309 e. The molecule has 0 heterocycles. The van der Waals surface area contributed by atoms with Crippen LogP contribution in [-0.2, 0) is 4.79 Å². The molecule has 3 rings (SSSR count). The van der Waals surface area contributed by atoms with Gasteiger partial charge >= 0.3 is 5.97 Å². The van der Waals surface area contributed by atoms with Crippen LogP contribution in [0.15, 0.2) is 66.7 Å². The fourth-order valence-electron chi connectivity index (χ4n) is 3.26. The number of aliphatic carboxylic acids is 1. The van der Waals surface area contributed by atoms with Crippen LogP contribution in [0, 0.1) is 12.3 Å². The van der Waals surface area contributed by atoms with E-state index < -0.39 is 11.4 Å². The summed E-state index contributed by atoms with van der Waals surface area (Å²) in [6.07, 6.45) is -0.0605. The molecule has 0 radical (unpaired) electrons. The highest BCUT2D eigenvalue weighted by Gasteiger charge is 2.30. The van der Waals surface area contributed by atoms with Crippen LogP contribution in [0.2, 0.25) is 0 Å². The molecule has 0 saturated heterocycles. The first kappa shape index (κ1) is 23.4. The molecule has 0 spiro atoms. The fourth-order valence-corrected chi connectivity index (χ4v) is 3.75.